The van der Waals surface area contributed by atoms with Crippen molar-refractivity contribution in [1.82, 2.24) is 0 Å². The molecule has 0 heterocycles. The Kier molecular flexibility index (Phi) is 3.38. The molecule has 0 aromatic heterocycles. The van der Waals surface area contributed by atoms with Crippen LogP contribution in [0.4, 0.5) is 4.39 Å². The van der Waals surface area contributed by atoms with Gasteiger partial charge in [0, 0.05) is 0 Å². The van der Waals surface area contributed by atoms with Crippen LogP contribution in [0.15, 0.2) is 35.0 Å². The van der Waals surface area contributed by atoms with Crippen molar-refractivity contribution >= 4 is 23.2 Å². The second-order valence-corrected chi connectivity index (χ2v) is 2.56. The van der Waals surface area contributed by atoms with E-state index < -0.39 is 0 Å². The van der Waals surface area contributed by atoms with E-state index in [0.717, 1.165) is 5.54 Å². The van der Waals surface area contributed by atoms with Gasteiger partial charge in [0.1, 0.15) is 11.6 Å². The Balaban J connectivity index is 2.71. The molecule has 0 saturated carbocycles. The molecule has 0 aliphatic rings. The first-order valence-corrected chi connectivity index (χ1v) is 3.93. The third-order valence-corrected chi connectivity index (χ3v) is 1.61. The number of benzene rings is 1. The van der Waals surface area contributed by atoms with Gasteiger partial charge in [-0.25, -0.2) is 4.39 Å². The highest BCUT2D eigenvalue weighted by molar-refractivity contribution is 6.35. The van der Waals surface area contributed by atoms with Gasteiger partial charge >= 0.3 is 0 Å². The predicted molar refractivity (Wildman–Crippen MR) is 46.8 cm³/mol. The molecule has 0 fully saturated rings. The molecule has 0 unspecified atom stereocenters. The molecule has 0 aliphatic carbocycles. The lowest BCUT2D eigenvalue weighted by Gasteiger charge is -2.01. The highest BCUT2D eigenvalue weighted by atomic mass is 35.5. The number of hydrogen-bond donors (Lipinski definition) is 0. The van der Waals surface area contributed by atoms with E-state index >= 15 is 0 Å². The predicted octanol–water partition coefficient (Wildman–Crippen LogP) is 3.48. The number of hydrogen-bond acceptors (Lipinski definition) is 1. The summed E-state index contributed by atoms with van der Waals surface area (Å²) >= 11 is 10.7. The Morgan fingerprint density at radius 2 is 1.92 bits per heavy atom. The van der Waals surface area contributed by atoms with Gasteiger partial charge < -0.3 is 4.74 Å². The van der Waals surface area contributed by atoms with E-state index in [-0.39, 0.29) is 11.0 Å². The molecule has 12 heavy (non-hydrogen) atoms. The van der Waals surface area contributed by atoms with Crippen LogP contribution in [0.25, 0.3) is 0 Å². The van der Waals surface area contributed by atoms with E-state index in [4.69, 9.17) is 27.9 Å². The van der Waals surface area contributed by atoms with E-state index in [0.29, 0.717) is 5.75 Å². The summed E-state index contributed by atoms with van der Waals surface area (Å²) in [6.45, 7) is 0. The summed E-state index contributed by atoms with van der Waals surface area (Å²) in [5, 5.41) is 0.0447. The van der Waals surface area contributed by atoms with Crippen molar-refractivity contribution in [3.8, 4) is 5.75 Å². The van der Waals surface area contributed by atoms with E-state index in [9.17, 15) is 4.39 Å². The first-order chi connectivity index (χ1) is 5.72. The molecule has 1 aromatic rings. The minimum Gasteiger partial charge on any atom is -0.444 e. The lowest BCUT2D eigenvalue weighted by atomic mass is 10.3. The van der Waals surface area contributed by atoms with Crippen LogP contribution in [0.1, 0.15) is 0 Å². The SMILES string of the molecule is Fc1ccc(OC(Cl)=CCl)cc1. The molecule has 0 aliphatic heterocycles. The van der Waals surface area contributed by atoms with Gasteiger partial charge in [-0.05, 0) is 35.9 Å². The summed E-state index contributed by atoms with van der Waals surface area (Å²) < 4.78 is 17.3. The number of rotatable bonds is 2. The van der Waals surface area contributed by atoms with Crippen LogP contribution in [-0.4, -0.2) is 0 Å². The fraction of sp³-hybridized carbons (Fsp3) is 0. The maximum atomic E-state index is 12.4. The van der Waals surface area contributed by atoms with Gasteiger partial charge in [0.05, 0.1) is 5.54 Å². The summed E-state index contributed by atoms with van der Waals surface area (Å²) in [5.41, 5.74) is 1.09. The summed E-state index contributed by atoms with van der Waals surface area (Å²) in [6, 6.07) is 5.46. The Morgan fingerprint density at radius 3 is 2.42 bits per heavy atom. The van der Waals surface area contributed by atoms with Crippen molar-refractivity contribution in [2.45, 2.75) is 0 Å². The molecule has 1 rings (SSSR count). The van der Waals surface area contributed by atoms with E-state index in [1.807, 2.05) is 0 Å². The maximum Gasteiger partial charge on any atom is 0.205 e. The van der Waals surface area contributed by atoms with Crippen LogP contribution in [0, 0.1) is 5.82 Å². The van der Waals surface area contributed by atoms with Crippen LogP contribution in [-0.2, 0) is 0 Å². The molecular formula is C8H5Cl2FO. The molecule has 1 aromatic carbocycles. The molecule has 0 bridgehead atoms. The quantitative estimate of drug-likeness (QED) is 0.674. The number of ether oxygens (including phenoxy) is 1. The standard InChI is InChI=1S/C8H5Cl2FO/c9-5-8(10)12-7-3-1-6(11)2-4-7/h1-5H. The molecule has 0 amide bonds. The highest BCUT2D eigenvalue weighted by Gasteiger charge is 1.96. The zero-order chi connectivity index (χ0) is 8.97. The molecular weight excluding hydrogens is 202 g/mol. The monoisotopic (exact) mass is 206 g/mol. The Bertz CT molecular complexity index is 282. The van der Waals surface area contributed by atoms with E-state index in [1.165, 1.54) is 24.3 Å². The van der Waals surface area contributed by atoms with Gasteiger partial charge in [-0.3, -0.25) is 0 Å². The van der Waals surface area contributed by atoms with Crippen LogP contribution >= 0.6 is 23.2 Å². The van der Waals surface area contributed by atoms with Crippen LogP contribution in [0.3, 0.4) is 0 Å². The van der Waals surface area contributed by atoms with Gasteiger partial charge in [0.2, 0.25) is 5.22 Å². The lowest BCUT2D eigenvalue weighted by molar-refractivity contribution is 0.462. The van der Waals surface area contributed by atoms with Crippen molar-refractivity contribution in [3.05, 3.63) is 40.8 Å². The third kappa shape index (κ3) is 2.72. The normalized spacial score (nSPS) is 11.4. The fourth-order valence-corrected chi connectivity index (χ4v) is 0.771. The van der Waals surface area contributed by atoms with Gasteiger partial charge in [-0.15, -0.1) is 0 Å². The molecule has 4 heteroatoms. The summed E-state index contributed by atoms with van der Waals surface area (Å²) in [5.74, 6) is 0.117. The third-order valence-electron chi connectivity index (χ3n) is 1.11. The van der Waals surface area contributed by atoms with Crippen molar-refractivity contribution in [2.24, 2.45) is 0 Å². The number of halogens is 3. The molecule has 0 atom stereocenters. The highest BCUT2D eigenvalue weighted by Crippen LogP contribution is 2.16. The van der Waals surface area contributed by atoms with Crippen molar-refractivity contribution in [3.63, 3.8) is 0 Å². The Labute approximate surface area is 79.4 Å². The molecule has 64 valence electrons. The van der Waals surface area contributed by atoms with Crippen molar-refractivity contribution < 1.29 is 9.13 Å². The molecule has 0 N–H and O–H groups in total. The maximum absolute atomic E-state index is 12.4. The smallest absolute Gasteiger partial charge is 0.205 e. The van der Waals surface area contributed by atoms with Crippen LogP contribution in [0.5, 0.6) is 5.75 Å². The Morgan fingerprint density at radius 1 is 1.33 bits per heavy atom. The Hall–Kier alpha value is -0.730. The molecule has 0 saturated heterocycles. The average Bonchev–Trinajstić information content (AvgIpc) is 2.09. The van der Waals surface area contributed by atoms with Crippen LogP contribution in [0.2, 0.25) is 0 Å². The second kappa shape index (κ2) is 4.33. The zero-order valence-electron chi connectivity index (χ0n) is 5.93. The zero-order valence-corrected chi connectivity index (χ0v) is 7.44. The molecule has 1 nitrogen and oxygen atoms in total. The van der Waals surface area contributed by atoms with Gasteiger partial charge in [0.15, 0.2) is 0 Å². The molecule has 0 spiro atoms. The minimum absolute atomic E-state index is 0.0447. The van der Waals surface area contributed by atoms with Gasteiger partial charge in [-0.1, -0.05) is 11.6 Å². The van der Waals surface area contributed by atoms with Crippen LogP contribution < -0.4 is 4.74 Å². The topological polar surface area (TPSA) is 9.23 Å². The minimum atomic E-state index is -0.326. The summed E-state index contributed by atoms with van der Waals surface area (Å²) in [7, 11) is 0. The molecule has 0 radical (unpaired) electrons. The summed E-state index contributed by atoms with van der Waals surface area (Å²) in [4.78, 5) is 0. The fourth-order valence-electron chi connectivity index (χ4n) is 0.637. The van der Waals surface area contributed by atoms with Gasteiger partial charge in [-0.2, -0.15) is 0 Å². The van der Waals surface area contributed by atoms with Crippen molar-refractivity contribution in [2.75, 3.05) is 0 Å². The first kappa shape index (κ1) is 9.36. The van der Waals surface area contributed by atoms with E-state index in [2.05, 4.69) is 0 Å². The van der Waals surface area contributed by atoms with Gasteiger partial charge in [0.25, 0.3) is 0 Å². The van der Waals surface area contributed by atoms with E-state index in [1.54, 1.807) is 0 Å². The first-order valence-electron chi connectivity index (χ1n) is 3.11. The summed E-state index contributed by atoms with van der Waals surface area (Å²) in [6.07, 6.45) is 0. The largest absolute Gasteiger partial charge is 0.444 e. The van der Waals surface area contributed by atoms with Crippen molar-refractivity contribution in [1.29, 1.82) is 0 Å². The lowest BCUT2D eigenvalue weighted by Crippen LogP contribution is -1.86. The second-order valence-electron chi connectivity index (χ2n) is 1.97. The average molecular weight is 207 g/mol.